The van der Waals surface area contributed by atoms with Crippen LogP contribution in [0.25, 0.3) is 10.9 Å². The third kappa shape index (κ3) is 1.94. The number of fused-ring (bicyclic) bond motifs is 1. The Morgan fingerprint density at radius 1 is 1.24 bits per heavy atom. The maximum atomic E-state index is 4.16. The molecule has 3 aromatic rings. The monoisotopic (exact) mass is 225 g/mol. The summed E-state index contributed by atoms with van der Waals surface area (Å²) in [5.41, 5.74) is 1.85. The van der Waals surface area contributed by atoms with Crippen molar-refractivity contribution in [1.82, 2.24) is 20.2 Å². The predicted molar refractivity (Wildman–Crippen MR) is 65.5 cm³/mol. The van der Waals surface area contributed by atoms with Gasteiger partial charge < -0.3 is 10.3 Å². The Bertz CT molecular complexity index is 612. The molecule has 0 aliphatic carbocycles. The topological polar surface area (TPSA) is 66.5 Å². The number of aromatic amines is 1. The summed E-state index contributed by atoms with van der Waals surface area (Å²) < 4.78 is 0. The number of nitrogens with zero attached hydrogens (tertiary/aromatic N) is 3. The summed E-state index contributed by atoms with van der Waals surface area (Å²) >= 11 is 0. The summed E-state index contributed by atoms with van der Waals surface area (Å²) in [6.45, 7) is 0.642. The quantitative estimate of drug-likeness (QED) is 0.715. The lowest BCUT2D eigenvalue weighted by Crippen LogP contribution is -2.02. The van der Waals surface area contributed by atoms with E-state index in [2.05, 4.69) is 25.5 Å². The van der Waals surface area contributed by atoms with E-state index in [1.165, 1.54) is 0 Å². The van der Waals surface area contributed by atoms with E-state index >= 15 is 0 Å². The zero-order valence-electron chi connectivity index (χ0n) is 9.09. The van der Waals surface area contributed by atoms with Crippen molar-refractivity contribution in [3.8, 4) is 0 Å². The lowest BCUT2D eigenvalue weighted by atomic mass is 10.2. The smallest absolute Gasteiger partial charge is 0.125 e. The molecular weight excluding hydrogens is 214 g/mol. The van der Waals surface area contributed by atoms with Gasteiger partial charge in [-0.2, -0.15) is 10.2 Å². The van der Waals surface area contributed by atoms with Crippen LogP contribution in [0.2, 0.25) is 0 Å². The van der Waals surface area contributed by atoms with E-state index in [9.17, 15) is 0 Å². The van der Waals surface area contributed by atoms with Gasteiger partial charge in [0.2, 0.25) is 0 Å². The Balaban J connectivity index is 1.90. The van der Waals surface area contributed by atoms with Gasteiger partial charge in [-0.3, -0.25) is 0 Å². The Hall–Kier alpha value is -2.43. The van der Waals surface area contributed by atoms with Crippen LogP contribution in [0, 0.1) is 0 Å². The van der Waals surface area contributed by atoms with E-state index in [1.54, 1.807) is 18.6 Å². The molecule has 2 N–H and O–H groups in total. The first-order valence-electron chi connectivity index (χ1n) is 5.36. The summed E-state index contributed by atoms with van der Waals surface area (Å²) in [6, 6.07) is 7.91. The van der Waals surface area contributed by atoms with Crippen molar-refractivity contribution in [2.45, 2.75) is 6.54 Å². The van der Waals surface area contributed by atoms with Gasteiger partial charge in [0.1, 0.15) is 5.82 Å². The zero-order chi connectivity index (χ0) is 11.5. The molecule has 5 heteroatoms. The fourth-order valence-corrected chi connectivity index (χ4v) is 1.72. The number of benzene rings is 1. The van der Waals surface area contributed by atoms with Gasteiger partial charge in [0.25, 0.3) is 0 Å². The second-order valence-corrected chi connectivity index (χ2v) is 3.66. The molecule has 5 nitrogen and oxygen atoms in total. The third-order valence-electron chi connectivity index (χ3n) is 2.55. The van der Waals surface area contributed by atoms with E-state index in [1.807, 2.05) is 24.3 Å². The normalized spacial score (nSPS) is 10.6. The van der Waals surface area contributed by atoms with Gasteiger partial charge in [-0.25, -0.2) is 4.98 Å². The van der Waals surface area contributed by atoms with Crippen molar-refractivity contribution in [2.75, 3.05) is 5.32 Å². The number of anilines is 1. The van der Waals surface area contributed by atoms with Crippen LogP contribution >= 0.6 is 0 Å². The summed E-state index contributed by atoms with van der Waals surface area (Å²) in [7, 11) is 0. The maximum Gasteiger partial charge on any atom is 0.125 e. The highest BCUT2D eigenvalue weighted by molar-refractivity contribution is 5.90. The standard InChI is InChI=1S/C12H11N5/c1-2-4-10-9(3-1)11(7-16-17-10)15-8-12-13-5-6-14-12/h1-7H,8H2,(H,13,14)(H,15,17). The van der Waals surface area contributed by atoms with Crippen LogP contribution < -0.4 is 5.32 Å². The van der Waals surface area contributed by atoms with Gasteiger partial charge in [-0.15, -0.1) is 0 Å². The van der Waals surface area contributed by atoms with Crippen molar-refractivity contribution in [2.24, 2.45) is 0 Å². The molecule has 0 amide bonds. The molecular formula is C12H11N5. The second-order valence-electron chi connectivity index (χ2n) is 3.66. The van der Waals surface area contributed by atoms with Crippen LogP contribution in [0.5, 0.6) is 0 Å². The lowest BCUT2D eigenvalue weighted by molar-refractivity contribution is 0.992. The average molecular weight is 225 g/mol. The number of rotatable bonds is 3. The molecule has 0 radical (unpaired) electrons. The van der Waals surface area contributed by atoms with Crippen molar-refractivity contribution in [1.29, 1.82) is 0 Å². The van der Waals surface area contributed by atoms with Gasteiger partial charge in [0, 0.05) is 17.8 Å². The molecule has 0 aliphatic rings. The number of imidazole rings is 1. The van der Waals surface area contributed by atoms with Gasteiger partial charge in [0.15, 0.2) is 0 Å². The highest BCUT2D eigenvalue weighted by Crippen LogP contribution is 2.19. The molecule has 0 spiro atoms. The van der Waals surface area contributed by atoms with Crippen LogP contribution in [0.3, 0.4) is 0 Å². The third-order valence-corrected chi connectivity index (χ3v) is 2.55. The van der Waals surface area contributed by atoms with Crippen LogP contribution in [0.15, 0.2) is 42.9 Å². The Kier molecular flexibility index (Phi) is 2.42. The van der Waals surface area contributed by atoms with E-state index in [4.69, 9.17) is 0 Å². The highest BCUT2D eigenvalue weighted by atomic mass is 15.1. The van der Waals surface area contributed by atoms with E-state index in [0.29, 0.717) is 6.54 Å². The van der Waals surface area contributed by atoms with Crippen molar-refractivity contribution in [3.05, 3.63) is 48.7 Å². The van der Waals surface area contributed by atoms with Crippen LogP contribution in [-0.2, 0) is 6.54 Å². The lowest BCUT2D eigenvalue weighted by Gasteiger charge is -2.06. The molecule has 17 heavy (non-hydrogen) atoms. The largest absolute Gasteiger partial charge is 0.376 e. The molecule has 0 unspecified atom stereocenters. The molecule has 2 heterocycles. The molecule has 0 fully saturated rings. The predicted octanol–water partition coefficient (Wildman–Crippen LogP) is 1.96. The zero-order valence-corrected chi connectivity index (χ0v) is 9.09. The van der Waals surface area contributed by atoms with Crippen molar-refractivity contribution >= 4 is 16.6 Å². The summed E-state index contributed by atoms with van der Waals surface area (Å²) in [4.78, 5) is 7.20. The molecule has 84 valence electrons. The van der Waals surface area contributed by atoms with Crippen LogP contribution in [0.1, 0.15) is 5.82 Å². The van der Waals surface area contributed by atoms with Gasteiger partial charge in [-0.1, -0.05) is 18.2 Å². The Morgan fingerprint density at radius 2 is 2.18 bits per heavy atom. The summed E-state index contributed by atoms with van der Waals surface area (Å²) in [5, 5.41) is 12.4. The van der Waals surface area contributed by atoms with Crippen molar-refractivity contribution < 1.29 is 0 Å². The molecule has 0 aliphatic heterocycles. The number of hydrogen-bond acceptors (Lipinski definition) is 4. The number of H-pyrrole nitrogens is 1. The fraction of sp³-hybridized carbons (Fsp3) is 0.0833. The summed E-state index contributed by atoms with van der Waals surface area (Å²) in [6.07, 6.45) is 5.27. The van der Waals surface area contributed by atoms with Gasteiger partial charge in [-0.05, 0) is 6.07 Å². The molecule has 0 saturated heterocycles. The van der Waals surface area contributed by atoms with Crippen LogP contribution in [-0.4, -0.2) is 20.2 Å². The molecule has 0 bridgehead atoms. The molecule has 3 rings (SSSR count). The fourth-order valence-electron chi connectivity index (χ4n) is 1.72. The minimum absolute atomic E-state index is 0.642. The van der Waals surface area contributed by atoms with Gasteiger partial charge in [0.05, 0.1) is 23.9 Å². The first-order chi connectivity index (χ1) is 8.43. The van der Waals surface area contributed by atoms with Crippen molar-refractivity contribution in [3.63, 3.8) is 0 Å². The first-order valence-corrected chi connectivity index (χ1v) is 5.36. The molecule has 2 aromatic heterocycles. The SMILES string of the molecule is c1ccc2c(NCc3ncc[nH]3)cnnc2c1. The number of hydrogen-bond donors (Lipinski definition) is 2. The Labute approximate surface area is 97.9 Å². The highest BCUT2D eigenvalue weighted by Gasteiger charge is 2.02. The van der Waals surface area contributed by atoms with E-state index < -0.39 is 0 Å². The molecule has 0 saturated carbocycles. The Morgan fingerprint density at radius 3 is 3.06 bits per heavy atom. The second kappa shape index (κ2) is 4.21. The number of aromatic nitrogens is 4. The molecule has 1 aromatic carbocycles. The van der Waals surface area contributed by atoms with Crippen LogP contribution in [0.4, 0.5) is 5.69 Å². The maximum absolute atomic E-state index is 4.16. The summed E-state index contributed by atoms with van der Waals surface area (Å²) in [5.74, 6) is 0.894. The number of nitrogens with one attached hydrogen (secondary N) is 2. The minimum Gasteiger partial charge on any atom is -0.376 e. The molecule has 0 atom stereocenters. The van der Waals surface area contributed by atoms with E-state index in [-0.39, 0.29) is 0 Å². The minimum atomic E-state index is 0.642. The van der Waals surface area contributed by atoms with E-state index in [0.717, 1.165) is 22.4 Å². The first kappa shape index (κ1) is 9.77. The van der Waals surface area contributed by atoms with Gasteiger partial charge >= 0.3 is 0 Å². The average Bonchev–Trinajstić information content (AvgIpc) is 2.89.